The van der Waals surface area contributed by atoms with Crippen LogP contribution in [0.4, 0.5) is 0 Å². The van der Waals surface area contributed by atoms with E-state index < -0.39 is 0 Å². The molecule has 1 amide bonds. The second-order valence-electron chi connectivity index (χ2n) is 6.16. The summed E-state index contributed by atoms with van der Waals surface area (Å²) in [4.78, 5) is 12.3. The van der Waals surface area contributed by atoms with Crippen molar-refractivity contribution in [1.29, 1.82) is 0 Å². The van der Waals surface area contributed by atoms with Crippen molar-refractivity contribution in [2.45, 2.75) is 70.1 Å². The van der Waals surface area contributed by atoms with E-state index in [1.54, 1.807) is 0 Å². The first kappa shape index (κ1) is 13.8. The molecule has 0 aromatic rings. The maximum Gasteiger partial charge on any atom is 0.224 e. The first-order valence-corrected chi connectivity index (χ1v) is 7.32. The highest BCUT2D eigenvalue weighted by Gasteiger charge is 2.34. The van der Waals surface area contributed by atoms with Gasteiger partial charge in [0, 0.05) is 6.04 Å². The summed E-state index contributed by atoms with van der Waals surface area (Å²) in [7, 11) is 0. The van der Waals surface area contributed by atoms with Crippen molar-refractivity contribution < 1.29 is 9.90 Å². The van der Waals surface area contributed by atoms with E-state index in [4.69, 9.17) is 5.73 Å². The molecule has 5 atom stereocenters. The molecule has 2 aliphatic rings. The van der Waals surface area contributed by atoms with Gasteiger partial charge in [-0.15, -0.1) is 0 Å². The second-order valence-corrected chi connectivity index (χ2v) is 6.16. The molecule has 2 rings (SSSR count). The topological polar surface area (TPSA) is 75.4 Å². The second kappa shape index (κ2) is 6.02. The molecule has 2 fully saturated rings. The molecule has 5 unspecified atom stereocenters. The number of aliphatic hydroxyl groups excluding tert-OH is 1. The number of amides is 1. The molecule has 0 heterocycles. The van der Waals surface area contributed by atoms with Crippen LogP contribution in [-0.4, -0.2) is 29.2 Å². The zero-order chi connectivity index (χ0) is 13.1. The van der Waals surface area contributed by atoms with Gasteiger partial charge >= 0.3 is 0 Å². The molecule has 18 heavy (non-hydrogen) atoms. The maximum atomic E-state index is 12.3. The standard InChI is InChI=1S/C14H26N2O2/c1-9-6-7-11(15)10(8-9)14(18)16-12-4-2-3-5-13(12)17/h9-13,17H,2-8,15H2,1H3,(H,16,18). The van der Waals surface area contributed by atoms with Gasteiger partial charge in [0.25, 0.3) is 0 Å². The normalized spacial score (nSPS) is 41.4. The van der Waals surface area contributed by atoms with Crippen LogP contribution in [0.3, 0.4) is 0 Å². The Bertz CT molecular complexity index is 296. The van der Waals surface area contributed by atoms with E-state index in [0.717, 1.165) is 44.9 Å². The Morgan fingerprint density at radius 1 is 1.22 bits per heavy atom. The van der Waals surface area contributed by atoms with Crippen LogP contribution in [0.2, 0.25) is 0 Å². The summed E-state index contributed by atoms with van der Waals surface area (Å²) in [5.74, 6) is 0.569. The van der Waals surface area contributed by atoms with E-state index >= 15 is 0 Å². The minimum Gasteiger partial charge on any atom is -0.391 e. The lowest BCUT2D eigenvalue weighted by Crippen LogP contribution is -2.51. The molecule has 4 N–H and O–H groups in total. The van der Waals surface area contributed by atoms with Crippen LogP contribution in [-0.2, 0) is 4.79 Å². The SMILES string of the molecule is CC1CCC(N)C(C(=O)NC2CCCCC2O)C1. The molecule has 4 heteroatoms. The predicted molar refractivity (Wildman–Crippen MR) is 70.9 cm³/mol. The minimum absolute atomic E-state index is 0.0121. The molecule has 0 saturated heterocycles. The first-order chi connectivity index (χ1) is 8.58. The lowest BCUT2D eigenvalue weighted by Gasteiger charge is -2.34. The Morgan fingerprint density at radius 2 is 1.94 bits per heavy atom. The van der Waals surface area contributed by atoms with Crippen LogP contribution >= 0.6 is 0 Å². The van der Waals surface area contributed by atoms with Crippen molar-refractivity contribution in [2.75, 3.05) is 0 Å². The minimum atomic E-state index is -0.375. The molecule has 4 nitrogen and oxygen atoms in total. The summed E-state index contributed by atoms with van der Waals surface area (Å²) in [6.45, 7) is 2.18. The molecule has 2 saturated carbocycles. The van der Waals surface area contributed by atoms with E-state index in [1.165, 1.54) is 0 Å². The third-order valence-electron chi connectivity index (χ3n) is 4.56. The van der Waals surface area contributed by atoms with Gasteiger partial charge in [-0.1, -0.05) is 19.8 Å². The molecular formula is C14H26N2O2. The van der Waals surface area contributed by atoms with Crippen molar-refractivity contribution in [3.63, 3.8) is 0 Å². The number of nitrogens with one attached hydrogen (secondary N) is 1. The van der Waals surface area contributed by atoms with Crippen LogP contribution in [0.1, 0.15) is 51.9 Å². The quantitative estimate of drug-likeness (QED) is 0.692. The molecular weight excluding hydrogens is 228 g/mol. The van der Waals surface area contributed by atoms with Crippen LogP contribution in [0.25, 0.3) is 0 Å². The molecule has 104 valence electrons. The van der Waals surface area contributed by atoms with Crippen molar-refractivity contribution in [2.24, 2.45) is 17.6 Å². The average Bonchev–Trinajstić information content (AvgIpc) is 2.35. The van der Waals surface area contributed by atoms with E-state index in [9.17, 15) is 9.90 Å². The molecule has 0 radical (unpaired) electrons. The summed E-state index contributed by atoms with van der Waals surface area (Å²) in [6, 6.07) is -0.0717. The molecule has 0 aromatic heterocycles. The largest absolute Gasteiger partial charge is 0.391 e. The fourth-order valence-electron chi connectivity index (χ4n) is 3.28. The van der Waals surface area contributed by atoms with Gasteiger partial charge in [0.15, 0.2) is 0 Å². The van der Waals surface area contributed by atoms with Gasteiger partial charge in [-0.2, -0.15) is 0 Å². The van der Waals surface area contributed by atoms with Gasteiger partial charge in [-0.3, -0.25) is 4.79 Å². The Labute approximate surface area is 109 Å². The monoisotopic (exact) mass is 254 g/mol. The number of carbonyl (C=O) groups excluding carboxylic acids is 1. The maximum absolute atomic E-state index is 12.3. The van der Waals surface area contributed by atoms with Crippen LogP contribution in [0.15, 0.2) is 0 Å². The number of rotatable bonds is 2. The fourth-order valence-corrected chi connectivity index (χ4v) is 3.28. The zero-order valence-electron chi connectivity index (χ0n) is 11.3. The van der Waals surface area contributed by atoms with Gasteiger partial charge < -0.3 is 16.2 Å². The van der Waals surface area contributed by atoms with Crippen LogP contribution in [0, 0.1) is 11.8 Å². The van der Waals surface area contributed by atoms with Gasteiger partial charge in [-0.05, 0) is 38.0 Å². The van der Waals surface area contributed by atoms with Gasteiger partial charge in [0.05, 0.1) is 18.1 Å². The lowest BCUT2D eigenvalue weighted by molar-refractivity contribution is -0.129. The molecule has 0 bridgehead atoms. The molecule has 0 aromatic carbocycles. The van der Waals surface area contributed by atoms with E-state index in [1.807, 2.05) is 0 Å². The molecule has 0 aliphatic heterocycles. The van der Waals surface area contributed by atoms with Crippen LogP contribution in [0.5, 0.6) is 0 Å². The number of carbonyl (C=O) groups is 1. The number of hydrogen-bond acceptors (Lipinski definition) is 3. The number of hydrogen-bond donors (Lipinski definition) is 3. The van der Waals surface area contributed by atoms with Crippen molar-refractivity contribution in [3.8, 4) is 0 Å². The van der Waals surface area contributed by atoms with Gasteiger partial charge in [0.2, 0.25) is 5.91 Å². The van der Waals surface area contributed by atoms with Crippen molar-refractivity contribution in [1.82, 2.24) is 5.32 Å². The summed E-state index contributed by atoms with van der Waals surface area (Å²) < 4.78 is 0. The molecule has 2 aliphatic carbocycles. The van der Waals surface area contributed by atoms with Crippen molar-refractivity contribution in [3.05, 3.63) is 0 Å². The van der Waals surface area contributed by atoms with E-state index in [-0.39, 0.29) is 30.0 Å². The average molecular weight is 254 g/mol. The Kier molecular flexibility index (Phi) is 4.62. The lowest BCUT2D eigenvalue weighted by atomic mass is 9.78. The Hall–Kier alpha value is -0.610. The summed E-state index contributed by atoms with van der Waals surface area (Å²) >= 11 is 0. The summed E-state index contributed by atoms with van der Waals surface area (Å²) in [5.41, 5.74) is 6.06. The third-order valence-corrected chi connectivity index (χ3v) is 4.56. The highest BCUT2D eigenvalue weighted by molar-refractivity contribution is 5.79. The number of aliphatic hydroxyl groups is 1. The third kappa shape index (κ3) is 3.23. The summed E-state index contributed by atoms with van der Waals surface area (Å²) in [6.07, 6.45) is 6.42. The van der Waals surface area contributed by atoms with Gasteiger partial charge in [-0.25, -0.2) is 0 Å². The highest BCUT2D eigenvalue weighted by Crippen LogP contribution is 2.28. The Morgan fingerprint density at radius 3 is 2.67 bits per heavy atom. The summed E-state index contributed by atoms with van der Waals surface area (Å²) in [5, 5.41) is 12.9. The van der Waals surface area contributed by atoms with E-state index in [0.29, 0.717) is 5.92 Å². The predicted octanol–water partition coefficient (Wildman–Crippen LogP) is 1.17. The smallest absolute Gasteiger partial charge is 0.224 e. The first-order valence-electron chi connectivity index (χ1n) is 7.32. The van der Waals surface area contributed by atoms with Crippen molar-refractivity contribution >= 4 is 5.91 Å². The van der Waals surface area contributed by atoms with Gasteiger partial charge in [0.1, 0.15) is 0 Å². The molecule has 0 spiro atoms. The van der Waals surface area contributed by atoms with E-state index in [2.05, 4.69) is 12.2 Å². The highest BCUT2D eigenvalue weighted by atomic mass is 16.3. The zero-order valence-corrected chi connectivity index (χ0v) is 11.3. The van der Waals surface area contributed by atoms with Crippen LogP contribution < -0.4 is 11.1 Å². The fraction of sp³-hybridized carbons (Fsp3) is 0.929. The number of nitrogens with two attached hydrogens (primary N) is 1. The Balaban J connectivity index is 1.89.